The highest BCUT2D eigenvalue weighted by molar-refractivity contribution is 6.33. The van der Waals surface area contributed by atoms with E-state index in [2.05, 4.69) is 34.4 Å². The number of anilines is 1. The lowest BCUT2D eigenvalue weighted by molar-refractivity contribution is -0.120. The van der Waals surface area contributed by atoms with Gasteiger partial charge in [-0.15, -0.1) is 0 Å². The summed E-state index contributed by atoms with van der Waals surface area (Å²) in [4.78, 5) is 25.9. The van der Waals surface area contributed by atoms with Gasteiger partial charge in [-0.05, 0) is 58.1 Å². The van der Waals surface area contributed by atoms with E-state index in [0.717, 1.165) is 50.9 Å². The lowest BCUT2D eigenvalue weighted by Crippen LogP contribution is -2.36. The molecular weight excluding hydrogens is 414 g/mol. The van der Waals surface area contributed by atoms with Crippen molar-refractivity contribution < 1.29 is 9.53 Å². The Morgan fingerprint density at radius 3 is 2.97 bits per heavy atom. The van der Waals surface area contributed by atoms with E-state index < -0.39 is 0 Å². The molecule has 2 saturated heterocycles. The summed E-state index contributed by atoms with van der Waals surface area (Å²) in [5, 5.41) is 7.15. The number of ether oxygens (including phenoxy) is 1. The van der Waals surface area contributed by atoms with Gasteiger partial charge in [0.05, 0.1) is 41.2 Å². The van der Waals surface area contributed by atoms with Crippen LogP contribution in [0.1, 0.15) is 45.2 Å². The van der Waals surface area contributed by atoms with E-state index in [1.807, 2.05) is 6.07 Å². The van der Waals surface area contributed by atoms with E-state index in [4.69, 9.17) is 21.3 Å². The van der Waals surface area contributed by atoms with Gasteiger partial charge >= 0.3 is 0 Å². The van der Waals surface area contributed by atoms with Crippen LogP contribution in [-0.4, -0.2) is 52.1 Å². The lowest BCUT2D eigenvalue weighted by Gasteiger charge is -2.35. The van der Waals surface area contributed by atoms with Gasteiger partial charge in [0.1, 0.15) is 5.82 Å². The lowest BCUT2D eigenvalue weighted by atomic mass is 9.88. The molecule has 2 atom stereocenters. The predicted octanol–water partition coefficient (Wildman–Crippen LogP) is 3.67. The average molecular weight is 444 g/mol. The summed E-state index contributed by atoms with van der Waals surface area (Å²) in [6.45, 7) is 6.78. The van der Waals surface area contributed by atoms with Crippen molar-refractivity contribution in [2.24, 2.45) is 5.92 Å². The number of Topliss-reactive ketones (excluding diaryl/α,β-unsaturated/α-hetero) is 1. The Balaban J connectivity index is 1.44. The first-order valence-corrected chi connectivity index (χ1v) is 11.4. The van der Waals surface area contributed by atoms with Crippen molar-refractivity contribution in [3.05, 3.63) is 35.4 Å². The van der Waals surface area contributed by atoms with Gasteiger partial charge in [0.15, 0.2) is 5.78 Å². The minimum Gasteiger partial charge on any atom is -0.376 e. The Morgan fingerprint density at radius 1 is 1.32 bits per heavy atom. The van der Waals surface area contributed by atoms with Crippen LogP contribution in [0.3, 0.4) is 0 Å². The van der Waals surface area contributed by atoms with Gasteiger partial charge in [-0.25, -0.2) is 4.98 Å². The molecule has 2 aromatic rings. The number of carbonyl (C=O) groups excluding carboxylic acids is 1. The number of rotatable bonds is 7. The Labute approximate surface area is 188 Å². The highest BCUT2D eigenvalue weighted by atomic mass is 35.5. The summed E-state index contributed by atoms with van der Waals surface area (Å²) >= 11 is 6.42. The maximum atomic E-state index is 12.5. The molecule has 166 valence electrons. The molecule has 0 bridgehead atoms. The van der Waals surface area contributed by atoms with Crippen LogP contribution in [0.4, 0.5) is 5.82 Å². The van der Waals surface area contributed by atoms with E-state index in [1.165, 1.54) is 0 Å². The fourth-order valence-corrected chi connectivity index (χ4v) is 4.60. The van der Waals surface area contributed by atoms with E-state index in [9.17, 15) is 4.79 Å². The molecule has 8 heteroatoms. The molecule has 2 aromatic heterocycles. The molecule has 31 heavy (non-hydrogen) atoms. The standard InChI is InChI=1S/C23H30ClN5O2/c1-23(2)10-15(5-7-31-23)11-28-22-14-25-13-20(29-22)17-8-16(27-12-18(17)24)9-21(30)19-4-3-6-26-19/h8,12-15,19,26H,3-7,9-11H2,1-2H3,(H,28,29)/t15-,19-/m0/s1. The number of carbonyl (C=O) groups is 1. The summed E-state index contributed by atoms with van der Waals surface area (Å²) in [6, 6.07) is 1.78. The molecular formula is C23H30ClN5O2. The van der Waals surface area contributed by atoms with Crippen LogP contribution in [-0.2, 0) is 16.0 Å². The smallest absolute Gasteiger partial charge is 0.155 e. The molecule has 7 nitrogen and oxygen atoms in total. The van der Waals surface area contributed by atoms with Crippen LogP contribution in [0.25, 0.3) is 11.3 Å². The van der Waals surface area contributed by atoms with Crippen LogP contribution in [0.2, 0.25) is 5.02 Å². The summed E-state index contributed by atoms with van der Waals surface area (Å²) in [5.41, 5.74) is 2.02. The number of ketones is 1. The van der Waals surface area contributed by atoms with E-state index >= 15 is 0 Å². The number of nitrogens with one attached hydrogen (secondary N) is 2. The fraction of sp³-hybridized carbons (Fsp3) is 0.565. The molecule has 0 spiro atoms. The van der Waals surface area contributed by atoms with E-state index in [1.54, 1.807) is 18.6 Å². The van der Waals surface area contributed by atoms with E-state index in [0.29, 0.717) is 28.1 Å². The van der Waals surface area contributed by atoms with Crippen molar-refractivity contribution in [1.82, 2.24) is 20.3 Å². The highest BCUT2D eigenvalue weighted by Crippen LogP contribution is 2.30. The molecule has 0 aromatic carbocycles. The van der Waals surface area contributed by atoms with Crippen molar-refractivity contribution in [2.45, 2.75) is 57.6 Å². The number of hydrogen-bond acceptors (Lipinski definition) is 7. The predicted molar refractivity (Wildman–Crippen MR) is 121 cm³/mol. The Morgan fingerprint density at radius 2 is 2.19 bits per heavy atom. The van der Waals surface area contributed by atoms with Crippen molar-refractivity contribution in [2.75, 3.05) is 25.0 Å². The van der Waals surface area contributed by atoms with Crippen LogP contribution in [0.5, 0.6) is 0 Å². The normalized spacial score (nSPS) is 22.9. The largest absolute Gasteiger partial charge is 0.376 e. The van der Waals surface area contributed by atoms with Gasteiger partial charge in [0.25, 0.3) is 0 Å². The molecule has 0 amide bonds. The molecule has 2 aliphatic rings. The van der Waals surface area contributed by atoms with Gasteiger partial charge in [-0.3, -0.25) is 14.8 Å². The maximum absolute atomic E-state index is 12.5. The maximum Gasteiger partial charge on any atom is 0.155 e. The SMILES string of the molecule is CC1(C)C[C@@H](CNc2cncc(-c3cc(CC(=O)[C@@H]4CCCN4)ncc3Cl)n2)CCO1. The summed E-state index contributed by atoms with van der Waals surface area (Å²) in [6.07, 6.45) is 9.26. The van der Waals surface area contributed by atoms with E-state index in [-0.39, 0.29) is 23.8 Å². The van der Waals surface area contributed by atoms with Gasteiger partial charge < -0.3 is 15.4 Å². The number of nitrogens with zero attached hydrogens (tertiary/aromatic N) is 3. The first-order valence-electron chi connectivity index (χ1n) is 11.0. The molecule has 2 N–H and O–H groups in total. The molecule has 2 aliphatic heterocycles. The summed E-state index contributed by atoms with van der Waals surface area (Å²) in [7, 11) is 0. The van der Waals surface area contributed by atoms with Crippen molar-refractivity contribution in [3.63, 3.8) is 0 Å². The van der Waals surface area contributed by atoms with Crippen LogP contribution in [0, 0.1) is 5.92 Å². The summed E-state index contributed by atoms with van der Waals surface area (Å²) < 4.78 is 5.80. The van der Waals surface area contributed by atoms with Crippen LogP contribution in [0.15, 0.2) is 24.7 Å². The molecule has 0 saturated carbocycles. The van der Waals surface area contributed by atoms with Gasteiger partial charge in [0.2, 0.25) is 0 Å². The Kier molecular flexibility index (Phi) is 6.84. The van der Waals surface area contributed by atoms with Crippen molar-refractivity contribution in [1.29, 1.82) is 0 Å². The topological polar surface area (TPSA) is 89.0 Å². The Hall–Kier alpha value is -2.09. The molecule has 2 fully saturated rings. The average Bonchev–Trinajstić information content (AvgIpc) is 3.28. The number of aromatic nitrogens is 3. The summed E-state index contributed by atoms with van der Waals surface area (Å²) in [5.74, 6) is 1.40. The number of halogens is 1. The van der Waals surface area contributed by atoms with Crippen LogP contribution >= 0.6 is 11.6 Å². The van der Waals surface area contributed by atoms with Gasteiger partial charge in [0, 0.05) is 30.6 Å². The molecule has 4 heterocycles. The minimum absolute atomic E-state index is 0.0663. The zero-order valence-electron chi connectivity index (χ0n) is 18.2. The quantitative estimate of drug-likeness (QED) is 0.674. The fourth-order valence-electron chi connectivity index (χ4n) is 4.40. The molecule has 4 rings (SSSR count). The second kappa shape index (κ2) is 9.59. The zero-order chi connectivity index (χ0) is 21.8. The Bertz CT molecular complexity index is 930. The second-order valence-corrected chi connectivity index (χ2v) is 9.49. The third kappa shape index (κ3) is 5.79. The number of pyridine rings is 1. The molecule has 0 unspecified atom stereocenters. The molecule has 0 radical (unpaired) electrons. The van der Waals surface area contributed by atoms with Gasteiger partial charge in [-0.1, -0.05) is 11.6 Å². The molecule has 0 aliphatic carbocycles. The highest BCUT2D eigenvalue weighted by Gasteiger charge is 2.28. The third-order valence-corrected chi connectivity index (χ3v) is 6.30. The monoisotopic (exact) mass is 443 g/mol. The first-order chi connectivity index (χ1) is 14.9. The van der Waals surface area contributed by atoms with Crippen molar-refractivity contribution >= 4 is 23.2 Å². The first kappa shape index (κ1) is 22.1. The zero-order valence-corrected chi connectivity index (χ0v) is 18.9. The number of hydrogen-bond donors (Lipinski definition) is 2. The second-order valence-electron chi connectivity index (χ2n) is 9.08. The van der Waals surface area contributed by atoms with Crippen LogP contribution < -0.4 is 10.6 Å². The van der Waals surface area contributed by atoms with Crippen molar-refractivity contribution in [3.8, 4) is 11.3 Å². The third-order valence-electron chi connectivity index (χ3n) is 6.00. The van der Waals surface area contributed by atoms with Gasteiger partial charge in [-0.2, -0.15) is 0 Å². The minimum atomic E-state index is -0.0788.